The Hall–Kier alpha value is -2.51. The van der Waals surface area contributed by atoms with Gasteiger partial charge in [0.15, 0.2) is 0 Å². The Bertz CT molecular complexity index is 789. The Morgan fingerprint density at radius 2 is 2.00 bits per heavy atom. The molecule has 1 aliphatic heterocycles. The third kappa shape index (κ3) is 4.56. The second-order valence-electron chi connectivity index (χ2n) is 6.29. The number of carbonyl (C=O) groups excluding carboxylic acids is 1. The van der Waals surface area contributed by atoms with Crippen LogP contribution in [0.4, 0.5) is 11.5 Å². The van der Waals surface area contributed by atoms with Crippen LogP contribution in [0, 0.1) is 16.0 Å². The number of pyridine rings is 1. The molecule has 1 N–H and O–H groups in total. The van der Waals surface area contributed by atoms with E-state index in [-0.39, 0.29) is 22.4 Å². The van der Waals surface area contributed by atoms with Crippen molar-refractivity contribution >= 4 is 29.0 Å². The monoisotopic (exact) mass is 374 g/mol. The van der Waals surface area contributed by atoms with Gasteiger partial charge in [-0.3, -0.25) is 19.8 Å². The summed E-state index contributed by atoms with van der Waals surface area (Å²) in [6.45, 7) is 1.96. The zero-order valence-electron chi connectivity index (χ0n) is 14.1. The van der Waals surface area contributed by atoms with Gasteiger partial charge in [0.2, 0.25) is 5.91 Å². The molecule has 0 atom stereocenters. The number of benzene rings is 1. The number of piperidine rings is 1. The van der Waals surface area contributed by atoms with Gasteiger partial charge in [0.05, 0.1) is 9.95 Å². The number of anilines is 1. The van der Waals surface area contributed by atoms with Gasteiger partial charge in [0.25, 0.3) is 5.69 Å². The van der Waals surface area contributed by atoms with E-state index in [4.69, 9.17) is 11.6 Å². The topological polar surface area (TPSA) is 88.4 Å². The lowest BCUT2D eigenvalue weighted by Crippen LogP contribution is -2.38. The van der Waals surface area contributed by atoms with Gasteiger partial charge in [0, 0.05) is 30.3 Å². The molecule has 2 aromatic rings. The van der Waals surface area contributed by atoms with Gasteiger partial charge in [-0.15, -0.1) is 0 Å². The van der Waals surface area contributed by atoms with E-state index in [0.29, 0.717) is 35.8 Å². The SMILES string of the molecule is O=C(Nc1ccc(Cl)cn1)C1CCN(Cc2ccccc2[N+](=O)[O-])CC1. The first-order valence-corrected chi connectivity index (χ1v) is 8.78. The molecular weight excluding hydrogens is 356 g/mol. The third-order valence-corrected chi connectivity index (χ3v) is 4.74. The first kappa shape index (κ1) is 18.3. The second kappa shape index (κ2) is 8.25. The van der Waals surface area contributed by atoms with Crippen molar-refractivity contribution in [3.63, 3.8) is 0 Å². The number of nitro groups is 1. The largest absolute Gasteiger partial charge is 0.310 e. The standard InChI is InChI=1S/C18H19ClN4O3/c19-15-5-6-17(20-11-15)21-18(24)13-7-9-22(10-8-13)12-14-3-1-2-4-16(14)23(25)26/h1-6,11,13H,7-10,12H2,(H,20,21,24). The van der Waals surface area contributed by atoms with Gasteiger partial charge in [-0.2, -0.15) is 0 Å². The highest BCUT2D eigenvalue weighted by molar-refractivity contribution is 6.30. The van der Waals surface area contributed by atoms with E-state index < -0.39 is 0 Å². The van der Waals surface area contributed by atoms with Crippen LogP contribution in [0.2, 0.25) is 5.02 Å². The van der Waals surface area contributed by atoms with Gasteiger partial charge in [0.1, 0.15) is 5.82 Å². The number of nitro benzene ring substituents is 1. The normalized spacial score (nSPS) is 15.6. The summed E-state index contributed by atoms with van der Waals surface area (Å²) < 4.78 is 0. The fourth-order valence-corrected chi connectivity index (χ4v) is 3.21. The number of halogens is 1. The van der Waals surface area contributed by atoms with E-state index in [1.165, 1.54) is 12.3 Å². The van der Waals surface area contributed by atoms with Crippen LogP contribution in [-0.4, -0.2) is 33.8 Å². The number of nitrogens with one attached hydrogen (secondary N) is 1. The maximum Gasteiger partial charge on any atom is 0.273 e. The number of hydrogen-bond acceptors (Lipinski definition) is 5. The highest BCUT2D eigenvalue weighted by Gasteiger charge is 2.26. The molecule has 2 heterocycles. The van der Waals surface area contributed by atoms with Crippen LogP contribution in [0.3, 0.4) is 0 Å². The van der Waals surface area contributed by atoms with E-state index in [1.807, 2.05) is 6.07 Å². The van der Waals surface area contributed by atoms with Crippen LogP contribution in [0.5, 0.6) is 0 Å². The molecule has 0 aliphatic carbocycles. The third-order valence-electron chi connectivity index (χ3n) is 4.52. The summed E-state index contributed by atoms with van der Waals surface area (Å²) in [5.41, 5.74) is 0.840. The van der Waals surface area contributed by atoms with Gasteiger partial charge in [-0.1, -0.05) is 29.8 Å². The van der Waals surface area contributed by atoms with Gasteiger partial charge in [-0.25, -0.2) is 4.98 Å². The molecule has 3 rings (SSSR count). The highest BCUT2D eigenvalue weighted by Crippen LogP contribution is 2.24. The summed E-state index contributed by atoms with van der Waals surface area (Å²) in [5.74, 6) is 0.349. The van der Waals surface area contributed by atoms with Gasteiger partial charge >= 0.3 is 0 Å². The Balaban J connectivity index is 1.53. The Labute approximate surface area is 156 Å². The van der Waals surface area contributed by atoms with Crippen molar-refractivity contribution in [2.24, 2.45) is 5.92 Å². The molecule has 1 amide bonds. The molecule has 0 radical (unpaired) electrons. The summed E-state index contributed by atoms with van der Waals surface area (Å²) in [6, 6.07) is 10.1. The molecule has 0 bridgehead atoms. The van der Waals surface area contributed by atoms with Crippen molar-refractivity contribution in [2.45, 2.75) is 19.4 Å². The van der Waals surface area contributed by atoms with Crippen molar-refractivity contribution < 1.29 is 9.72 Å². The summed E-state index contributed by atoms with van der Waals surface area (Å²) in [5, 5.41) is 14.4. The maximum atomic E-state index is 12.4. The second-order valence-corrected chi connectivity index (χ2v) is 6.72. The van der Waals surface area contributed by atoms with Crippen molar-refractivity contribution in [3.05, 3.63) is 63.3 Å². The molecule has 26 heavy (non-hydrogen) atoms. The molecule has 1 fully saturated rings. The molecule has 1 saturated heterocycles. The smallest absolute Gasteiger partial charge is 0.273 e. The van der Waals surface area contributed by atoms with E-state index in [9.17, 15) is 14.9 Å². The number of nitrogens with zero attached hydrogens (tertiary/aromatic N) is 3. The Kier molecular flexibility index (Phi) is 5.80. The zero-order valence-corrected chi connectivity index (χ0v) is 14.9. The predicted molar refractivity (Wildman–Crippen MR) is 99.0 cm³/mol. The van der Waals surface area contributed by atoms with Crippen molar-refractivity contribution in [2.75, 3.05) is 18.4 Å². The van der Waals surface area contributed by atoms with Gasteiger partial charge in [-0.05, 0) is 38.1 Å². The first-order chi connectivity index (χ1) is 12.5. The molecule has 0 unspecified atom stereocenters. The Morgan fingerprint density at radius 3 is 2.65 bits per heavy atom. The van der Waals surface area contributed by atoms with Crippen molar-refractivity contribution in [1.82, 2.24) is 9.88 Å². The lowest BCUT2D eigenvalue weighted by Gasteiger charge is -2.31. The van der Waals surface area contributed by atoms with Crippen LogP contribution in [0.15, 0.2) is 42.6 Å². The van der Waals surface area contributed by atoms with E-state index in [2.05, 4.69) is 15.2 Å². The summed E-state index contributed by atoms with van der Waals surface area (Å²) >= 11 is 5.79. The number of likely N-dealkylation sites (tertiary alicyclic amines) is 1. The molecule has 8 heteroatoms. The molecule has 0 saturated carbocycles. The zero-order chi connectivity index (χ0) is 18.5. The molecule has 1 aromatic carbocycles. The summed E-state index contributed by atoms with van der Waals surface area (Å²) in [4.78, 5) is 29.4. The van der Waals surface area contributed by atoms with E-state index in [0.717, 1.165) is 13.1 Å². The number of rotatable bonds is 5. The van der Waals surface area contributed by atoms with Crippen molar-refractivity contribution in [3.8, 4) is 0 Å². The van der Waals surface area contributed by atoms with Crippen LogP contribution in [0.1, 0.15) is 18.4 Å². The predicted octanol–water partition coefficient (Wildman–Crippen LogP) is 3.49. The van der Waals surface area contributed by atoms with Crippen LogP contribution in [-0.2, 0) is 11.3 Å². The number of carbonyl (C=O) groups is 1. The lowest BCUT2D eigenvalue weighted by atomic mass is 9.95. The minimum absolute atomic E-state index is 0.0508. The quantitative estimate of drug-likeness (QED) is 0.639. The van der Waals surface area contributed by atoms with E-state index >= 15 is 0 Å². The lowest BCUT2D eigenvalue weighted by molar-refractivity contribution is -0.385. The fraction of sp³-hybridized carbons (Fsp3) is 0.333. The maximum absolute atomic E-state index is 12.4. The number of para-hydroxylation sites is 1. The summed E-state index contributed by atoms with van der Waals surface area (Å²) in [6.07, 6.45) is 2.91. The molecule has 1 aliphatic rings. The molecule has 136 valence electrons. The average molecular weight is 375 g/mol. The molecule has 7 nitrogen and oxygen atoms in total. The number of amides is 1. The minimum Gasteiger partial charge on any atom is -0.310 e. The summed E-state index contributed by atoms with van der Waals surface area (Å²) in [7, 11) is 0. The van der Waals surface area contributed by atoms with Crippen LogP contribution >= 0.6 is 11.6 Å². The molecule has 1 aromatic heterocycles. The van der Waals surface area contributed by atoms with Crippen molar-refractivity contribution in [1.29, 1.82) is 0 Å². The van der Waals surface area contributed by atoms with Gasteiger partial charge < -0.3 is 5.32 Å². The number of aromatic nitrogens is 1. The fourth-order valence-electron chi connectivity index (χ4n) is 3.09. The van der Waals surface area contributed by atoms with Crippen LogP contribution in [0.25, 0.3) is 0 Å². The Morgan fingerprint density at radius 1 is 1.27 bits per heavy atom. The highest BCUT2D eigenvalue weighted by atomic mass is 35.5. The van der Waals surface area contributed by atoms with Crippen LogP contribution < -0.4 is 5.32 Å². The molecular formula is C18H19ClN4O3. The first-order valence-electron chi connectivity index (χ1n) is 8.40. The molecule has 0 spiro atoms. The van der Waals surface area contributed by atoms with E-state index in [1.54, 1.807) is 24.3 Å². The average Bonchev–Trinajstić information content (AvgIpc) is 2.64. The number of hydrogen-bond donors (Lipinski definition) is 1. The minimum atomic E-state index is -0.353.